The molecule has 0 aromatic heterocycles. The van der Waals surface area contributed by atoms with Crippen molar-refractivity contribution in [2.24, 2.45) is 0 Å². The van der Waals surface area contributed by atoms with Crippen molar-refractivity contribution >= 4 is 23.4 Å². The molecule has 5 heteroatoms. The third-order valence-electron chi connectivity index (χ3n) is 3.28. The van der Waals surface area contributed by atoms with Crippen molar-refractivity contribution in [1.29, 1.82) is 0 Å². The van der Waals surface area contributed by atoms with Gasteiger partial charge in [-0.25, -0.2) is 17.6 Å². The summed E-state index contributed by atoms with van der Waals surface area (Å²) in [6.07, 6.45) is 0. The van der Waals surface area contributed by atoms with Crippen LogP contribution in [0.4, 0.5) is 17.6 Å². The van der Waals surface area contributed by atoms with Gasteiger partial charge in [0.2, 0.25) is 0 Å². The Hall–Kier alpha value is -2.01. The molecule has 3 aromatic carbocycles. The molecule has 0 bridgehead atoms. The molecule has 0 spiro atoms. The molecule has 3 aromatic rings. The third-order valence-corrected chi connectivity index (χ3v) is 3.67. The van der Waals surface area contributed by atoms with Gasteiger partial charge in [0.25, 0.3) is 0 Å². The predicted molar refractivity (Wildman–Crippen MR) is 76.5 cm³/mol. The lowest BCUT2D eigenvalue weighted by Crippen LogP contribution is -1.99. The van der Waals surface area contributed by atoms with E-state index < -0.39 is 28.8 Å². The molecular formula is C16H8F4S. The quantitative estimate of drug-likeness (QED) is 0.349. The van der Waals surface area contributed by atoms with Crippen molar-refractivity contribution in [3.63, 3.8) is 0 Å². The van der Waals surface area contributed by atoms with Crippen LogP contribution in [0.2, 0.25) is 0 Å². The highest BCUT2D eigenvalue weighted by molar-refractivity contribution is 7.80. The molecule has 21 heavy (non-hydrogen) atoms. The fourth-order valence-electron chi connectivity index (χ4n) is 2.31. The maximum Gasteiger partial charge on any atom is 0.169 e. The lowest BCUT2D eigenvalue weighted by molar-refractivity contribution is 0.458. The summed E-state index contributed by atoms with van der Waals surface area (Å²) in [5, 5.41) is 1.11. The first-order valence-corrected chi connectivity index (χ1v) is 6.49. The Balaban J connectivity index is 2.45. The molecule has 0 fully saturated rings. The Kier molecular flexibility index (Phi) is 3.37. The van der Waals surface area contributed by atoms with E-state index in [1.165, 1.54) is 12.1 Å². The van der Waals surface area contributed by atoms with Crippen molar-refractivity contribution in [2.75, 3.05) is 0 Å². The van der Waals surface area contributed by atoms with Crippen molar-refractivity contribution in [3.05, 3.63) is 65.7 Å². The molecule has 0 unspecified atom stereocenters. The van der Waals surface area contributed by atoms with Gasteiger partial charge in [-0.05, 0) is 22.4 Å². The van der Waals surface area contributed by atoms with E-state index in [0.29, 0.717) is 15.7 Å². The highest BCUT2D eigenvalue weighted by Gasteiger charge is 2.22. The van der Waals surface area contributed by atoms with Gasteiger partial charge >= 0.3 is 0 Å². The van der Waals surface area contributed by atoms with Crippen LogP contribution < -0.4 is 0 Å². The Morgan fingerprint density at radius 1 is 0.714 bits per heavy atom. The lowest BCUT2D eigenvalue weighted by atomic mass is 9.97. The number of rotatable bonds is 1. The van der Waals surface area contributed by atoms with E-state index in [2.05, 4.69) is 12.6 Å². The van der Waals surface area contributed by atoms with Gasteiger partial charge in [0.1, 0.15) is 0 Å². The highest BCUT2D eigenvalue weighted by Crippen LogP contribution is 2.36. The first-order chi connectivity index (χ1) is 10.0. The SMILES string of the molecule is Fc1cc(F)c(F)c(-c2ccc(S)c3ccccc23)c1F. The van der Waals surface area contributed by atoms with Crippen LogP contribution in [0.15, 0.2) is 47.4 Å². The molecular weight excluding hydrogens is 300 g/mol. The topological polar surface area (TPSA) is 0 Å². The number of thiol groups is 1. The number of hydrogen-bond donors (Lipinski definition) is 1. The van der Waals surface area contributed by atoms with Crippen molar-refractivity contribution in [3.8, 4) is 11.1 Å². The lowest BCUT2D eigenvalue weighted by Gasteiger charge is -2.11. The second kappa shape index (κ2) is 5.07. The molecule has 3 rings (SSSR count). The fraction of sp³-hybridized carbons (Fsp3) is 0. The smallest absolute Gasteiger partial charge is 0.169 e. The maximum atomic E-state index is 14.0. The zero-order valence-electron chi connectivity index (χ0n) is 10.5. The van der Waals surface area contributed by atoms with Crippen LogP contribution in [-0.4, -0.2) is 0 Å². The summed E-state index contributed by atoms with van der Waals surface area (Å²) in [5.41, 5.74) is -0.631. The second-order valence-corrected chi connectivity index (χ2v) is 5.00. The fourth-order valence-corrected chi connectivity index (χ4v) is 2.58. The molecule has 0 amide bonds. The second-order valence-electron chi connectivity index (χ2n) is 4.52. The average molecular weight is 308 g/mol. The van der Waals surface area contributed by atoms with Gasteiger partial charge < -0.3 is 0 Å². The summed E-state index contributed by atoms with van der Waals surface area (Å²) in [6, 6.07) is 9.87. The van der Waals surface area contributed by atoms with E-state index in [0.717, 1.165) is 0 Å². The van der Waals surface area contributed by atoms with Crippen LogP contribution in [0.3, 0.4) is 0 Å². The molecule has 0 heterocycles. The number of fused-ring (bicyclic) bond motifs is 1. The Bertz CT molecular complexity index is 832. The van der Waals surface area contributed by atoms with Gasteiger partial charge in [-0.3, -0.25) is 0 Å². The van der Waals surface area contributed by atoms with Crippen LogP contribution in [-0.2, 0) is 0 Å². The number of benzene rings is 3. The van der Waals surface area contributed by atoms with Crippen molar-refractivity contribution in [1.82, 2.24) is 0 Å². The van der Waals surface area contributed by atoms with Crippen molar-refractivity contribution < 1.29 is 17.6 Å². The van der Waals surface area contributed by atoms with Gasteiger partial charge in [-0.2, -0.15) is 0 Å². The molecule has 0 nitrogen and oxygen atoms in total. The van der Waals surface area contributed by atoms with Gasteiger partial charge in [0.15, 0.2) is 23.3 Å². The van der Waals surface area contributed by atoms with Crippen LogP contribution in [0.5, 0.6) is 0 Å². The molecule has 0 aliphatic heterocycles. The minimum atomic E-state index is -1.43. The minimum absolute atomic E-state index is 0.0804. The molecule has 0 radical (unpaired) electrons. The average Bonchev–Trinajstić information content (AvgIpc) is 2.48. The van der Waals surface area contributed by atoms with Crippen LogP contribution >= 0.6 is 12.6 Å². The van der Waals surface area contributed by atoms with E-state index in [-0.39, 0.29) is 11.6 Å². The summed E-state index contributed by atoms with van der Waals surface area (Å²) in [5.74, 6) is -5.68. The molecule has 106 valence electrons. The minimum Gasteiger partial charge on any atom is -0.204 e. The molecule has 0 saturated heterocycles. The summed E-state index contributed by atoms with van der Waals surface area (Å²) < 4.78 is 54.7. The normalized spacial score (nSPS) is 11.1. The highest BCUT2D eigenvalue weighted by atomic mass is 32.1. The first-order valence-electron chi connectivity index (χ1n) is 6.04. The van der Waals surface area contributed by atoms with E-state index in [4.69, 9.17) is 0 Å². The zero-order valence-corrected chi connectivity index (χ0v) is 11.4. The van der Waals surface area contributed by atoms with Crippen LogP contribution in [0, 0.1) is 23.3 Å². The van der Waals surface area contributed by atoms with E-state index >= 15 is 0 Å². The van der Waals surface area contributed by atoms with Crippen LogP contribution in [0.1, 0.15) is 0 Å². The monoisotopic (exact) mass is 308 g/mol. The maximum absolute atomic E-state index is 14.0. The molecule has 0 saturated carbocycles. The standard InChI is InChI=1S/C16H8F4S/c17-11-7-12(18)16(20)14(15(11)19)10-5-6-13(21)9-4-2-1-3-8(9)10/h1-7,21H. The summed E-state index contributed by atoms with van der Waals surface area (Å²) in [4.78, 5) is 0.604. The van der Waals surface area contributed by atoms with Gasteiger partial charge in [-0.1, -0.05) is 30.3 Å². The molecule has 0 N–H and O–H groups in total. The molecule has 0 atom stereocenters. The molecule has 0 aliphatic carbocycles. The van der Waals surface area contributed by atoms with Gasteiger partial charge in [0.05, 0.1) is 5.56 Å². The van der Waals surface area contributed by atoms with Crippen molar-refractivity contribution in [2.45, 2.75) is 4.90 Å². The summed E-state index contributed by atoms with van der Waals surface area (Å²) in [7, 11) is 0. The Morgan fingerprint density at radius 3 is 1.90 bits per heavy atom. The largest absolute Gasteiger partial charge is 0.204 e. The van der Waals surface area contributed by atoms with E-state index in [1.54, 1.807) is 24.3 Å². The Morgan fingerprint density at radius 2 is 1.29 bits per heavy atom. The third kappa shape index (κ3) is 2.17. The zero-order chi connectivity index (χ0) is 15.1. The number of hydrogen-bond acceptors (Lipinski definition) is 1. The first kappa shape index (κ1) is 13.9. The summed E-state index contributed by atoms with van der Waals surface area (Å²) >= 11 is 4.27. The molecule has 0 aliphatic rings. The predicted octanol–water partition coefficient (Wildman–Crippen LogP) is 5.35. The van der Waals surface area contributed by atoms with Gasteiger partial charge in [-0.15, -0.1) is 12.6 Å². The number of halogens is 4. The summed E-state index contributed by atoms with van der Waals surface area (Å²) in [6.45, 7) is 0. The Labute approximate surface area is 123 Å². The van der Waals surface area contributed by atoms with Crippen LogP contribution in [0.25, 0.3) is 21.9 Å². The van der Waals surface area contributed by atoms with E-state index in [9.17, 15) is 17.6 Å². The van der Waals surface area contributed by atoms with Gasteiger partial charge in [0, 0.05) is 11.0 Å². The van der Waals surface area contributed by atoms with E-state index in [1.807, 2.05) is 0 Å².